The lowest BCUT2D eigenvalue weighted by Gasteiger charge is -2.52. The Balaban J connectivity index is 1.43. The molecule has 5 fully saturated rings. The molecule has 21 N–H and O–H groups in total. The van der Waals surface area contributed by atoms with Gasteiger partial charge in [-0.05, 0) is 12.8 Å². The highest BCUT2D eigenvalue weighted by molar-refractivity contribution is 5.76. The second kappa shape index (κ2) is 36.2. The van der Waals surface area contributed by atoms with E-state index in [1.54, 1.807) is 6.08 Å². The third-order valence-corrected chi connectivity index (χ3v) is 15.8. The van der Waals surface area contributed by atoms with Gasteiger partial charge in [0.05, 0.1) is 63.9 Å². The van der Waals surface area contributed by atoms with Gasteiger partial charge in [-0.25, -0.2) is 4.79 Å². The van der Waals surface area contributed by atoms with Crippen molar-refractivity contribution in [3.8, 4) is 11.8 Å². The second-order valence-electron chi connectivity index (χ2n) is 22.5. The van der Waals surface area contributed by atoms with Gasteiger partial charge in [0.15, 0.2) is 25.2 Å². The molecule has 0 saturated carbocycles. The van der Waals surface area contributed by atoms with Crippen molar-refractivity contribution in [3.05, 3.63) is 12.2 Å². The smallest absolute Gasteiger partial charge is 0.364 e. The number of carboxylic acids is 1. The number of rotatable bonds is 32. The van der Waals surface area contributed by atoms with Crippen LogP contribution in [0.2, 0.25) is 0 Å². The highest BCUT2D eigenvalue weighted by Gasteiger charge is 2.62. The van der Waals surface area contributed by atoms with Crippen LogP contribution in [0.25, 0.3) is 0 Å². The number of aliphatic hydroxyl groups is 16. The third-order valence-electron chi connectivity index (χ3n) is 15.8. The summed E-state index contributed by atoms with van der Waals surface area (Å²) in [5.74, 6) is -1.04. The summed E-state index contributed by atoms with van der Waals surface area (Å²) in [6.45, 7) is -1.85. The van der Waals surface area contributed by atoms with Crippen LogP contribution in [-0.4, -0.2) is 315 Å². The van der Waals surface area contributed by atoms with Crippen molar-refractivity contribution in [2.24, 2.45) is 5.73 Å². The molecule has 2 unspecified atom stereocenters. The largest absolute Gasteiger partial charge is 0.477 e. The van der Waals surface area contributed by atoms with Gasteiger partial charge in [-0.3, -0.25) is 9.59 Å². The van der Waals surface area contributed by atoms with Gasteiger partial charge in [0, 0.05) is 33.1 Å². The fourth-order valence-electron chi connectivity index (χ4n) is 10.8. The number of amides is 2. The van der Waals surface area contributed by atoms with E-state index < -0.39 is 235 Å². The minimum absolute atomic E-state index is 0.485. The van der Waals surface area contributed by atoms with Crippen LogP contribution in [0.3, 0.4) is 0 Å². The van der Waals surface area contributed by atoms with Gasteiger partial charge in [-0.15, -0.1) is 11.8 Å². The van der Waals surface area contributed by atoms with E-state index in [0.717, 1.165) is 33.1 Å². The van der Waals surface area contributed by atoms with Crippen LogP contribution in [0, 0.1) is 11.8 Å². The van der Waals surface area contributed by atoms with Gasteiger partial charge in [-0.2, -0.15) is 0 Å². The second-order valence-corrected chi connectivity index (χ2v) is 22.5. The van der Waals surface area contributed by atoms with Crippen LogP contribution in [-0.2, 0) is 61.8 Å². The molecule has 0 aromatic heterocycles. The summed E-state index contributed by atoms with van der Waals surface area (Å²) >= 11 is 0. The van der Waals surface area contributed by atoms with E-state index in [9.17, 15) is 101 Å². The van der Waals surface area contributed by atoms with Crippen LogP contribution >= 0.6 is 0 Å². The minimum atomic E-state index is -3.36. The molecule has 508 valence electrons. The number of ether oxygens (including phenoxy) is 10. The molecule has 5 rings (SSSR count). The molecule has 88 heavy (non-hydrogen) atoms. The normalized spacial score (nSPS) is 39.4. The van der Waals surface area contributed by atoms with E-state index in [1.165, 1.54) is 38.2 Å². The molecule has 0 radical (unpaired) electrons. The van der Waals surface area contributed by atoms with E-state index in [2.05, 4.69) is 29.4 Å². The number of carbonyl (C=O) groups is 3. The summed E-state index contributed by atoms with van der Waals surface area (Å²) < 4.78 is 58.9. The Labute approximate surface area is 507 Å². The molecule has 5 aliphatic heterocycles. The molecular weight excluding hydrogens is 1180 g/mol. The zero-order valence-corrected chi connectivity index (χ0v) is 49.3. The first-order valence-corrected chi connectivity index (χ1v) is 29.6. The molecule has 33 heteroatoms. The van der Waals surface area contributed by atoms with Gasteiger partial charge in [0.25, 0.3) is 5.79 Å². The van der Waals surface area contributed by atoms with Crippen molar-refractivity contribution >= 4 is 17.8 Å². The molecule has 0 aromatic rings. The lowest BCUT2D eigenvalue weighted by atomic mass is 9.88. The number of nitrogens with two attached hydrogens (primary N) is 1. The minimum Gasteiger partial charge on any atom is -0.477 e. The van der Waals surface area contributed by atoms with Crippen LogP contribution in [0.5, 0.6) is 0 Å². The number of carbonyl (C=O) groups excluding carboxylic acids is 2. The lowest BCUT2D eigenvalue weighted by molar-refractivity contribution is -0.403. The first-order chi connectivity index (χ1) is 41.8. The molecule has 0 bridgehead atoms. The maximum Gasteiger partial charge on any atom is 0.364 e. The number of carboxylic acid groups (broad SMARTS) is 1. The maximum atomic E-state index is 13.6. The summed E-state index contributed by atoms with van der Waals surface area (Å²) in [7, 11) is 0. The third kappa shape index (κ3) is 19.6. The highest BCUT2D eigenvalue weighted by Crippen LogP contribution is 2.41. The number of hydrogen-bond acceptors (Lipinski definition) is 30. The summed E-state index contributed by atoms with van der Waals surface area (Å²) in [5, 5.41) is 190. The van der Waals surface area contributed by atoms with Gasteiger partial charge >= 0.3 is 5.97 Å². The number of aliphatic carboxylic acids is 1. The van der Waals surface area contributed by atoms with Crippen molar-refractivity contribution in [2.75, 3.05) is 39.6 Å². The molecule has 2 amide bonds. The number of hydrogen-bond donors (Lipinski definition) is 20. The van der Waals surface area contributed by atoms with Gasteiger partial charge in [0.2, 0.25) is 11.8 Å². The monoisotopic (exact) mass is 1280 g/mol. The summed E-state index contributed by atoms with van der Waals surface area (Å²) in [6.07, 6.45) is -36.8. The number of allylic oxidation sites excluding steroid dienone is 1. The molecule has 0 aromatic carbocycles. The Bertz CT molecular complexity index is 2200. The molecule has 5 heterocycles. The zero-order chi connectivity index (χ0) is 65.2. The van der Waals surface area contributed by atoms with Crippen molar-refractivity contribution in [2.45, 2.75) is 263 Å². The van der Waals surface area contributed by atoms with Crippen LogP contribution in [0.1, 0.15) is 91.4 Å². The quantitative estimate of drug-likeness (QED) is 0.0169. The van der Waals surface area contributed by atoms with Crippen molar-refractivity contribution in [1.29, 1.82) is 0 Å². The van der Waals surface area contributed by atoms with Crippen molar-refractivity contribution < 1.29 is 149 Å². The highest BCUT2D eigenvalue weighted by atomic mass is 16.8. The first-order valence-electron chi connectivity index (χ1n) is 29.6. The lowest BCUT2D eigenvalue weighted by Crippen LogP contribution is -2.72. The summed E-state index contributed by atoms with van der Waals surface area (Å²) in [4.78, 5) is 38.9. The Hall–Kier alpha value is -3.37. The Morgan fingerprint density at radius 3 is 1.75 bits per heavy atom. The Morgan fingerprint density at radius 2 is 1.14 bits per heavy atom. The van der Waals surface area contributed by atoms with E-state index in [0.29, 0.717) is 12.8 Å². The molecule has 33 nitrogen and oxygen atoms in total. The van der Waals surface area contributed by atoms with Crippen molar-refractivity contribution in [3.63, 3.8) is 0 Å². The fourth-order valence-corrected chi connectivity index (χ4v) is 10.8. The van der Waals surface area contributed by atoms with E-state index >= 15 is 0 Å². The average molecular weight is 1280 g/mol. The number of unbranched alkanes of at least 4 members (excludes halogenated alkanes) is 8. The molecule has 0 aliphatic carbocycles. The topological polar surface area (TPSA) is 538 Å². The molecule has 0 spiro atoms. The summed E-state index contributed by atoms with van der Waals surface area (Å²) in [6, 6.07) is -4.76. The SMILES string of the molecule is CCCCCCCCCC#CCC/C=C/[C@@H](O)[C@@H](N)CO[C@@H]1O[C@H](CO)[C@@H](O[C@@H]2O[C@H](CO)[C@H](O[C@@H]3O[C@H](CO)[C@H](O)[C@H](O[C@@H]4O[C@H](CO)[C@H](O)[C@H](O)[C@H]4O)[C@H]3NC(C)=O)[C@H](O[C@]3(C(=O)O)C[C@H](O)C(NC(C)=O)C([C@H](O)[C@H](O)CO)O3)[C@H]2O)[C@H](O)[C@H]1O. The standard InChI is InChI=1S/C55H93N3O30/c1-4-5-6-7-8-9-10-11-12-13-14-15-16-17-28(66)27(56)24-79-51-43(75)41(73)45(33(22-62)82-51)84-53-44(76)49(88-55(54(77)78)18-29(67)35(57-25(2)64)48(87-55)37(69)30(68)19-59)46(34(23-63)83-53)85-50-36(58-26(3)65)47(39(71)32(21-61)80-50)86-52-42(74)40(72)38(70)31(20-60)81-52/h16-17,27-53,59-63,66-76H,4-11,14-15,18-24,56H2,1-3H3,(H,57,64)(H,58,65)(H,77,78)/b17-16+/t27-,28+,29-,30+,31+,32+,33+,34+,35?,36+,37+,38-,39-,40-,41+,42+,43+,44+,45+,46-,47+,48?,49+,50-,51+,52-,53-,55-/m0/s1. The molecule has 5 saturated heterocycles. The van der Waals surface area contributed by atoms with Gasteiger partial charge in [-0.1, -0.05) is 57.6 Å². The number of nitrogens with one attached hydrogen (secondary N) is 2. The molecule has 28 atom stereocenters. The molecule has 5 aliphatic rings. The summed E-state index contributed by atoms with van der Waals surface area (Å²) in [5.41, 5.74) is 6.17. The zero-order valence-electron chi connectivity index (χ0n) is 49.3. The van der Waals surface area contributed by atoms with Crippen LogP contribution < -0.4 is 16.4 Å². The van der Waals surface area contributed by atoms with E-state index in [-0.39, 0.29) is 0 Å². The predicted octanol–water partition coefficient (Wildman–Crippen LogP) is -8.24. The van der Waals surface area contributed by atoms with Gasteiger partial charge in [0.1, 0.15) is 116 Å². The fraction of sp³-hybridized carbons (Fsp3) is 0.873. The Kier molecular flexibility index (Phi) is 31.0. The number of aliphatic hydroxyl groups excluding tert-OH is 16. The average Bonchev–Trinajstić information content (AvgIpc) is 1.10. The maximum absolute atomic E-state index is 13.6. The van der Waals surface area contributed by atoms with E-state index in [1.807, 2.05) is 0 Å². The van der Waals surface area contributed by atoms with Crippen LogP contribution in [0.15, 0.2) is 12.2 Å². The first kappa shape index (κ1) is 75.4. The molecular formula is C55H93N3O30. The van der Waals surface area contributed by atoms with Crippen LogP contribution in [0.4, 0.5) is 0 Å². The predicted molar refractivity (Wildman–Crippen MR) is 293 cm³/mol. The van der Waals surface area contributed by atoms with E-state index in [4.69, 9.17) is 53.1 Å². The van der Waals surface area contributed by atoms with Crippen molar-refractivity contribution in [1.82, 2.24) is 10.6 Å². The van der Waals surface area contributed by atoms with Gasteiger partial charge < -0.3 is 151 Å². The Morgan fingerprint density at radius 1 is 0.614 bits per heavy atom.